The Hall–Kier alpha value is -1.16. The fraction of sp³-hybridized carbons (Fsp3) is 0.600. The summed E-state index contributed by atoms with van der Waals surface area (Å²) in [6, 6.07) is 0. The molecule has 14 heavy (non-hydrogen) atoms. The van der Waals surface area contributed by atoms with Gasteiger partial charge in [-0.2, -0.15) is 0 Å². The minimum Gasteiger partial charge on any atom is -0.391 e. The van der Waals surface area contributed by atoms with Gasteiger partial charge in [0.25, 0.3) is 11.8 Å². The fourth-order valence-electron chi connectivity index (χ4n) is 1.63. The molecule has 1 aliphatic carbocycles. The Morgan fingerprint density at radius 2 is 2.21 bits per heavy atom. The number of aliphatic hydroxyl groups is 1. The maximum atomic E-state index is 11.4. The fourth-order valence-corrected chi connectivity index (χ4v) is 1.63. The maximum Gasteiger partial charge on any atom is 0.256 e. The van der Waals surface area contributed by atoms with Crippen molar-refractivity contribution in [3.8, 4) is 0 Å². The van der Waals surface area contributed by atoms with Crippen molar-refractivity contribution in [1.29, 1.82) is 0 Å². The predicted molar refractivity (Wildman–Crippen MR) is 49.2 cm³/mol. The van der Waals surface area contributed by atoms with Crippen molar-refractivity contribution < 1.29 is 14.7 Å². The van der Waals surface area contributed by atoms with E-state index in [0.717, 1.165) is 17.7 Å². The first-order chi connectivity index (χ1) is 6.59. The Morgan fingerprint density at radius 3 is 2.64 bits per heavy atom. The summed E-state index contributed by atoms with van der Waals surface area (Å²) in [4.78, 5) is 23.8. The van der Waals surface area contributed by atoms with E-state index in [1.165, 1.54) is 6.08 Å². The molecule has 0 aromatic rings. The maximum absolute atomic E-state index is 11.4. The molecule has 1 N–H and O–H groups in total. The third kappa shape index (κ3) is 1.57. The molecule has 1 saturated carbocycles. The van der Waals surface area contributed by atoms with Crippen molar-refractivity contribution in [2.75, 3.05) is 6.54 Å². The van der Waals surface area contributed by atoms with Crippen LogP contribution in [0.2, 0.25) is 0 Å². The van der Waals surface area contributed by atoms with Crippen LogP contribution in [0.4, 0.5) is 0 Å². The van der Waals surface area contributed by atoms with E-state index in [4.69, 9.17) is 0 Å². The number of aliphatic hydroxyl groups excluding tert-OH is 1. The quantitative estimate of drug-likeness (QED) is 0.648. The van der Waals surface area contributed by atoms with Gasteiger partial charge in [0.05, 0.1) is 12.6 Å². The minimum absolute atomic E-state index is 0.149. The van der Waals surface area contributed by atoms with Gasteiger partial charge in [0.15, 0.2) is 0 Å². The van der Waals surface area contributed by atoms with Crippen LogP contribution in [0.25, 0.3) is 0 Å². The molecule has 76 valence electrons. The van der Waals surface area contributed by atoms with E-state index in [1.807, 2.05) is 0 Å². The van der Waals surface area contributed by atoms with Gasteiger partial charge in [-0.3, -0.25) is 14.5 Å². The number of nitrogens with zero attached hydrogens (tertiary/aromatic N) is 1. The van der Waals surface area contributed by atoms with Crippen molar-refractivity contribution in [3.63, 3.8) is 0 Å². The highest BCUT2D eigenvalue weighted by Crippen LogP contribution is 2.33. The highest BCUT2D eigenvalue weighted by Gasteiger charge is 2.35. The molecule has 0 aromatic carbocycles. The summed E-state index contributed by atoms with van der Waals surface area (Å²) in [6.45, 7) is 1.76. The lowest BCUT2D eigenvalue weighted by Gasteiger charge is -2.18. The molecule has 1 heterocycles. The smallest absolute Gasteiger partial charge is 0.256 e. The second kappa shape index (κ2) is 3.20. The van der Waals surface area contributed by atoms with Gasteiger partial charge in [-0.25, -0.2) is 0 Å². The van der Waals surface area contributed by atoms with Crippen LogP contribution in [-0.4, -0.2) is 34.5 Å². The summed E-state index contributed by atoms with van der Waals surface area (Å²) >= 11 is 0. The van der Waals surface area contributed by atoms with Crippen LogP contribution < -0.4 is 0 Å². The molecule has 4 nitrogen and oxygen atoms in total. The topological polar surface area (TPSA) is 57.6 Å². The van der Waals surface area contributed by atoms with Crippen molar-refractivity contribution in [2.24, 2.45) is 5.92 Å². The average Bonchev–Trinajstić information content (AvgIpc) is 2.91. The van der Waals surface area contributed by atoms with Crippen molar-refractivity contribution in [3.05, 3.63) is 11.6 Å². The molecule has 2 rings (SSSR count). The van der Waals surface area contributed by atoms with E-state index in [-0.39, 0.29) is 24.3 Å². The molecule has 2 amide bonds. The first kappa shape index (κ1) is 9.40. The van der Waals surface area contributed by atoms with E-state index < -0.39 is 6.10 Å². The number of rotatable bonds is 3. The van der Waals surface area contributed by atoms with Crippen molar-refractivity contribution in [1.82, 2.24) is 4.90 Å². The summed E-state index contributed by atoms with van der Waals surface area (Å²) in [6.07, 6.45) is 2.79. The van der Waals surface area contributed by atoms with Gasteiger partial charge < -0.3 is 5.11 Å². The summed E-state index contributed by atoms with van der Waals surface area (Å²) in [5.41, 5.74) is 0.456. The Kier molecular flexibility index (Phi) is 2.15. The zero-order valence-corrected chi connectivity index (χ0v) is 8.06. The van der Waals surface area contributed by atoms with Crippen LogP contribution in [0.1, 0.15) is 19.8 Å². The number of β-amino-alcohol motifs (C(OH)–C–C–N with tert-alkyl or cyclic N) is 1. The van der Waals surface area contributed by atoms with E-state index in [0.29, 0.717) is 5.57 Å². The third-order valence-corrected chi connectivity index (χ3v) is 2.72. The first-order valence-electron chi connectivity index (χ1n) is 4.82. The zero-order chi connectivity index (χ0) is 10.3. The molecule has 1 unspecified atom stereocenters. The number of hydrogen-bond donors (Lipinski definition) is 1. The van der Waals surface area contributed by atoms with E-state index >= 15 is 0 Å². The number of carbonyl (C=O) groups excluding carboxylic acids is 2. The molecule has 0 spiro atoms. The molecule has 0 radical (unpaired) electrons. The summed E-state index contributed by atoms with van der Waals surface area (Å²) < 4.78 is 0. The van der Waals surface area contributed by atoms with E-state index in [9.17, 15) is 14.7 Å². The highest BCUT2D eigenvalue weighted by atomic mass is 16.3. The monoisotopic (exact) mass is 195 g/mol. The number of amides is 2. The van der Waals surface area contributed by atoms with Gasteiger partial charge in [0.2, 0.25) is 0 Å². The normalized spacial score (nSPS) is 24.1. The van der Waals surface area contributed by atoms with Crippen LogP contribution in [-0.2, 0) is 9.59 Å². The van der Waals surface area contributed by atoms with E-state index in [1.54, 1.807) is 6.92 Å². The molecule has 0 aromatic heterocycles. The van der Waals surface area contributed by atoms with Crippen molar-refractivity contribution >= 4 is 11.8 Å². The molecular formula is C10H13NO3. The molecule has 1 aliphatic heterocycles. The molecule has 2 aliphatic rings. The lowest BCUT2D eigenvalue weighted by molar-refractivity contribution is -0.139. The summed E-state index contributed by atoms with van der Waals surface area (Å²) in [7, 11) is 0. The van der Waals surface area contributed by atoms with Gasteiger partial charge in [-0.05, 0) is 25.7 Å². The molecule has 1 fully saturated rings. The number of imide groups is 1. The predicted octanol–water partition coefficient (Wildman–Crippen LogP) is 0.0724. The number of hydrogen-bond acceptors (Lipinski definition) is 3. The van der Waals surface area contributed by atoms with Crippen LogP contribution in [0.5, 0.6) is 0 Å². The molecule has 0 saturated heterocycles. The minimum atomic E-state index is -0.540. The third-order valence-electron chi connectivity index (χ3n) is 2.72. The second-order valence-electron chi connectivity index (χ2n) is 3.99. The summed E-state index contributed by atoms with van der Waals surface area (Å²) in [5, 5.41) is 9.60. The largest absolute Gasteiger partial charge is 0.391 e. The SMILES string of the molecule is CC1=CC(=O)N(CC(O)C2CC2)C1=O. The lowest BCUT2D eigenvalue weighted by Crippen LogP contribution is -2.38. The Morgan fingerprint density at radius 1 is 1.57 bits per heavy atom. The van der Waals surface area contributed by atoms with Crippen molar-refractivity contribution in [2.45, 2.75) is 25.9 Å². The Bertz CT molecular complexity index is 317. The van der Waals surface area contributed by atoms with Crippen LogP contribution in [0.3, 0.4) is 0 Å². The van der Waals surface area contributed by atoms with Gasteiger partial charge >= 0.3 is 0 Å². The van der Waals surface area contributed by atoms with Crippen LogP contribution in [0.15, 0.2) is 11.6 Å². The molecule has 4 heteroatoms. The molecule has 1 atom stereocenters. The standard InChI is InChI=1S/C10H13NO3/c1-6-4-9(13)11(10(6)14)5-8(12)7-2-3-7/h4,7-8,12H,2-3,5H2,1H3. The second-order valence-corrected chi connectivity index (χ2v) is 3.99. The number of carbonyl (C=O) groups is 2. The van der Waals surface area contributed by atoms with Gasteiger partial charge in [-0.1, -0.05) is 0 Å². The molecular weight excluding hydrogens is 182 g/mol. The summed E-state index contributed by atoms with van der Waals surface area (Å²) in [5.74, 6) is -0.279. The molecule has 0 bridgehead atoms. The van der Waals surface area contributed by atoms with Gasteiger partial charge in [0, 0.05) is 11.6 Å². The van der Waals surface area contributed by atoms with E-state index in [2.05, 4.69) is 0 Å². The Balaban J connectivity index is 1.98. The zero-order valence-electron chi connectivity index (χ0n) is 8.06. The Labute approximate surface area is 82.2 Å². The average molecular weight is 195 g/mol. The first-order valence-corrected chi connectivity index (χ1v) is 4.82. The lowest BCUT2D eigenvalue weighted by atomic mass is 10.2. The van der Waals surface area contributed by atoms with Crippen LogP contribution in [0, 0.1) is 5.92 Å². The van der Waals surface area contributed by atoms with Crippen LogP contribution >= 0.6 is 0 Å². The van der Waals surface area contributed by atoms with Gasteiger partial charge in [-0.15, -0.1) is 0 Å². The highest BCUT2D eigenvalue weighted by molar-refractivity contribution is 6.15. The van der Waals surface area contributed by atoms with Gasteiger partial charge in [0.1, 0.15) is 0 Å².